The number of phenols is 2. The van der Waals surface area contributed by atoms with Crippen LogP contribution in [0.5, 0.6) is 11.5 Å². The Hall–Kier alpha value is -3.39. The molecule has 0 aliphatic rings. The van der Waals surface area contributed by atoms with E-state index in [-0.39, 0.29) is 16.7 Å². The summed E-state index contributed by atoms with van der Waals surface area (Å²) in [6.45, 7) is 0. The van der Waals surface area contributed by atoms with Gasteiger partial charge in [-0.3, -0.25) is 0 Å². The summed E-state index contributed by atoms with van der Waals surface area (Å²) >= 11 is 0. The number of hydrogen-bond acceptors (Lipinski definition) is 6. The first kappa shape index (κ1) is 19.4. The predicted molar refractivity (Wildman–Crippen MR) is 98.9 cm³/mol. The maximum Gasteiger partial charge on any atom is 0.339 e. The number of carboxylic acid groups (broad SMARTS) is 1. The van der Waals surface area contributed by atoms with Gasteiger partial charge in [-0.05, 0) is 17.7 Å². The van der Waals surface area contributed by atoms with Crippen LogP contribution in [0.3, 0.4) is 0 Å². The van der Waals surface area contributed by atoms with Crippen molar-refractivity contribution in [1.82, 2.24) is 0 Å². The maximum absolute atomic E-state index is 11.4. The molecule has 0 heterocycles. The van der Waals surface area contributed by atoms with Gasteiger partial charge in [0.1, 0.15) is 17.1 Å². The maximum atomic E-state index is 11.4. The third kappa shape index (κ3) is 3.54. The molecule has 0 bridgehead atoms. The number of carbonyl (C=O) groups is 1. The quantitative estimate of drug-likeness (QED) is 0.293. The Morgan fingerprint density at radius 3 is 1.89 bits per heavy atom. The minimum absolute atomic E-state index is 0.142. The van der Waals surface area contributed by atoms with E-state index in [0.29, 0.717) is 5.56 Å². The van der Waals surface area contributed by atoms with E-state index in [4.69, 9.17) is 0 Å². The molecule has 0 amide bonds. The molecule has 28 heavy (non-hydrogen) atoms. The Bertz CT molecular complexity index is 1010. The van der Waals surface area contributed by atoms with Gasteiger partial charge in [0, 0.05) is 17.0 Å². The molecule has 0 saturated carbocycles. The highest BCUT2D eigenvalue weighted by molar-refractivity contribution is 5.91. The average Bonchev–Trinajstić information content (AvgIpc) is 2.64. The fraction of sp³-hybridized carbons (Fsp3) is 0.0952. The Balaban J connectivity index is 2.31. The number of aliphatic hydroxyl groups is 3. The van der Waals surface area contributed by atoms with Crippen molar-refractivity contribution in [3.05, 3.63) is 94.5 Å². The third-order valence-electron chi connectivity index (χ3n) is 4.48. The number of hydrogen-bond donors (Lipinski definition) is 6. The molecule has 0 fully saturated rings. The SMILES string of the molecule is O=C(O)c1cccc(C(c2ccccc2)c2cccc(C(O)(O)O)c2O)c1O. The van der Waals surface area contributed by atoms with Crippen molar-refractivity contribution in [2.75, 3.05) is 0 Å². The van der Waals surface area contributed by atoms with Gasteiger partial charge in [-0.1, -0.05) is 54.6 Å². The van der Waals surface area contributed by atoms with E-state index < -0.39 is 34.9 Å². The van der Waals surface area contributed by atoms with Gasteiger partial charge in [0.2, 0.25) is 0 Å². The molecule has 0 aliphatic carbocycles. The molecule has 0 saturated heterocycles. The van der Waals surface area contributed by atoms with E-state index in [0.717, 1.165) is 6.07 Å². The molecule has 3 rings (SSSR count). The fourth-order valence-electron chi connectivity index (χ4n) is 3.20. The van der Waals surface area contributed by atoms with Crippen LogP contribution in [-0.2, 0) is 5.97 Å². The molecular weight excluding hydrogens is 364 g/mol. The largest absolute Gasteiger partial charge is 0.507 e. The number of phenolic OH excluding ortho intramolecular Hbond substituents is 1. The number of carboxylic acids is 1. The first-order chi connectivity index (χ1) is 13.2. The van der Waals surface area contributed by atoms with Crippen LogP contribution in [0.2, 0.25) is 0 Å². The van der Waals surface area contributed by atoms with Gasteiger partial charge in [-0.25, -0.2) is 4.79 Å². The van der Waals surface area contributed by atoms with E-state index in [1.165, 1.54) is 30.3 Å². The molecule has 0 radical (unpaired) electrons. The molecule has 7 heteroatoms. The van der Waals surface area contributed by atoms with Gasteiger partial charge in [-0.2, -0.15) is 0 Å². The highest BCUT2D eigenvalue weighted by Crippen LogP contribution is 2.43. The van der Waals surface area contributed by atoms with Crippen LogP contribution in [0.4, 0.5) is 0 Å². The van der Waals surface area contributed by atoms with Gasteiger partial charge in [-0.15, -0.1) is 0 Å². The molecule has 0 aliphatic heterocycles. The van der Waals surface area contributed by atoms with Crippen molar-refractivity contribution >= 4 is 5.97 Å². The van der Waals surface area contributed by atoms with E-state index in [1.807, 2.05) is 0 Å². The molecule has 0 spiro atoms. The van der Waals surface area contributed by atoms with E-state index in [9.17, 15) is 35.4 Å². The van der Waals surface area contributed by atoms with Crippen LogP contribution in [0.1, 0.15) is 38.5 Å². The lowest BCUT2D eigenvalue weighted by atomic mass is 9.82. The van der Waals surface area contributed by atoms with Crippen LogP contribution in [0, 0.1) is 0 Å². The number of aromatic hydroxyl groups is 2. The molecule has 7 nitrogen and oxygen atoms in total. The summed E-state index contributed by atoms with van der Waals surface area (Å²) < 4.78 is 0. The van der Waals surface area contributed by atoms with Gasteiger partial charge in [0.15, 0.2) is 0 Å². The van der Waals surface area contributed by atoms with Crippen molar-refractivity contribution < 1.29 is 35.4 Å². The van der Waals surface area contributed by atoms with Gasteiger partial charge >= 0.3 is 11.9 Å². The van der Waals surface area contributed by atoms with Crippen molar-refractivity contribution in [2.45, 2.75) is 11.9 Å². The molecule has 144 valence electrons. The molecule has 3 aromatic carbocycles. The fourth-order valence-corrected chi connectivity index (χ4v) is 3.20. The summed E-state index contributed by atoms with van der Waals surface area (Å²) in [5.41, 5.74) is 0.0861. The summed E-state index contributed by atoms with van der Waals surface area (Å²) in [5, 5.41) is 59.0. The second-order valence-electron chi connectivity index (χ2n) is 6.27. The van der Waals surface area contributed by atoms with Crippen LogP contribution in [0.25, 0.3) is 0 Å². The zero-order valence-corrected chi connectivity index (χ0v) is 14.5. The Labute approximate surface area is 160 Å². The number of para-hydroxylation sites is 2. The van der Waals surface area contributed by atoms with Crippen LogP contribution >= 0.6 is 0 Å². The number of aromatic carboxylic acids is 1. The summed E-state index contributed by atoms with van der Waals surface area (Å²) in [7, 11) is 0. The summed E-state index contributed by atoms with van der Waals surface area (Å²) in [6, 6.07) is 16.9. The first-order valence-corrected chi connectivity index (χ1v) is 8.31. The van der Waals surface area contributed by atoms with Gasteiger partial charge in [0.25, 0.3) is 0 Å². The lowest BCUT2D eigenvalue weighted by molar-refractivity contribution is -0.324. The zero-order valence-electron chi connectivity index (χ0n) is 14.5. The second kappa shape index (κ2) is 7.32. The van der Waals surface area contributed by atoms with Crippen molar-refractivity contribution in [3.8, 4) is 11.5 Å². The molecule has 1 atom stereocenters. The Kier molecular flexibility index (Phi) is 5.06. The monoisotopic (exact) mass is 382 g/mol. The minimum atomic E-state index is -3.27. The lowest BCUT2D eigenvalue weighted by Gasteiger charge is -2.24. The smallest absolute Gasteiger partial charge is 0.339 e. The second-order valence-corrected chi connectivity index (χ2v) is 6.27. The Morgan fingerprint density at radius 1 is 0.750 bits per heavy atom. The average molecular weight is 382 g/mol. The number of benzene rings is 3. The van der Waals surface area contributed by atoms with Crippen LogP contribution in [-0.4, -0.2) is 36.6 Å². The standard InChI is InChI=1S/C21H18O7/c22-18-13(8-4-10-15(18)20(24)25)17(12-6-2-1-3-7-12)14-9-5-11-16(19(14)23)21(26,27)28/h1-11,17,22-23,26-28H,(H,24,25). The summed E-state index contributed by atoms with van der Waals surface area (Å²) in [5.74, 6) is -6.50. The highest BCUT2D eigenvalue weighted by Gasteiger charge is 2.31. The number of rotatable bonds is 5. The van der Waals surface area contributed by atoms with E-state index >= 15 is 0 Å². The highest BCUT2D eigenvalue weighted by atomic mass is 16.7. The van der Waals surface area contributed by atoms with E-state index in [2.05, 4.69) is 0 Å². The van der Waals surface area contributed by atoms with Gasteiger partial charge in [0.05, 0.1) is 5.56 Å². The molecule has 6 N–H and O–H groups in total. The van der Waals surface area contributed by atoms with E-state index in [1.54, 1.807) is 30.3 Å². The normalized spacial score (nSPS) is 12.5. The van der Waals surface area contributed by atoms with Gasteiger partial charge < -0.3 is 30.6 Å². The molecule has 1 unspecified atom stereocenters. The van der Waals surface area contributed by atoms with Crippen molar-refractivity contribution in [2.24, 2.45) is 0 Å². The van der Waals surface area contributed by atoms with Crippen molar-refractivity contribution in [1.29, 1.82) is 0 Å². The topological polar surface area (TPSA) is 138 Å². The predicted octanol–water partition coefficient (Wildman–Crippen LogP) is 2.06. The molecular formula is C21H18O7. The van der Waals surface area contributed by atoms with Crippen molar-refractivity contribution in [3.63, 3.8) is 0 Å². The lowest BCUT2D eigenvalue weighted by Crippen LogP contribution is -2.24. The minimum Gasteiger partial charge on any atom is -0.507 e. The summed E-state index contributed by atoms with van der Waals surface area (Å²) in [6.07, 6.45) is 0. The van der Waals surface area contributed by atoms with Crippen LogP contribution < -0.4 is 0 Å². The first-order valence-electron chi connectivity index (χ1n) is 8.31. The third-order valence-corrected chi connectivity index (χ3v) is 4.48. The van der Waals surface area contributed by atoms with Crippen LogP contribution in [0.15, 0.2) is 66.7 Å². The zero-order chi connectivity index (χ0) is 20.5. The Morgan fingerprint density at radius 2 is 1.32 bits per heavy atom. The summed E-state index contributed by atoms with van der Waals surface area (Å²) in [4.78, 5) is 11.4. The molecule has 0 aromatic heterocycles. The molecule has 3 aromatic rings.